The van der Waals surface area contributed by atoms with Gasteiger partial charge in [0, 0.05) is 13.1 Å². The fraction of sp³-hybridized carbons (Fsp3) is 0.769. The molecule has 1 atom stereocenters. The number of amides is 3. The lowest BCUT2D eigenvalue weighted by molar-refractivity contribution is -0.137. The maximum Gasteiger partial charge on any atom is 0.323 e. The van der Waals surface area contributed by atoms with E-state index >= 15 is 0 Å². The fourth-order valence-corrected chi connectivity index (χ4v) is 1.74. The molecule has 0 bridgehead atoms. The summed E-state index contributed by atoms with van der Waals surface area (Å²) in [6, 6.07) is -1.18. The highest BCUT2D eigenvalue weighted by Crippen LogP contribution is 2.29. The normalized spacial score (nSPS) is 15.3. The van der Waals surface area contributed by atoms with E-state index in [1.807, 2.05) is 6.92 Å². The van der Waals surface area contributed by atoms with Crippen LogP contribution in [-0.2, 0) is 9.59 Å². The maximum atomic E-state index is 12.0. The molecule has 0 aromatic rings. The van der Waals surface area contributed by atoms with Crippen molar-refractivity contribution in [3.05, 3.63) is 0 Å². The molecule has 0 aromatic heterocycles. The number of carboxylic acid groups (broad SMARTS) is 1. The first-order valence-corrected chi connectivity index (χ1v) is 6.99. The van der Waals surface area contributed by atoms with Crippen molar-refractivity contribution in [3.63, 3.8) is 0 Å². The molecule has 1 saturated carbocycles. The minimum absolute atomic E-state index is 0.262. The molecule has 0 aliphatic heterocycles. The Labute approximate surface area is 118 Å². The smallest absolute Gasteiger partial charge is 0.323 e. The Morgan fingerprint density at radius 2 is 2.00 bits per heavy atom. The third-order valence-corrected chi connectivity index (χ3v) is 3.07. The van der Waals surface area contributed by atoms with E-state index in [0.717, 1.165) is 19.3 Å². The van der Waals surface area contributed by atoms with Gasteiger partial charge in [-0.1, -0.05) is 6.92 Å². The van der Waals surface area contributed by atoms with Gasteiger partial charge in [0.05, 0.1) is 0 Å². The van der Waals surface area contributed by atoms with Gasteiger partial charge >= 0.3 is 12.0 Å². The lowest BCUT2D eigenvalue weighted by atomic mass is 10.3. The molecule has 7 heteroatoms. The highest BCUT2D eigenvalue weighted by atomic mass is 16.4. The summed E-state index contributed by atoms with van der Waals surface area (Å²) in [7, 11) is 0. The Kier molecular flexibility index (Phi) is 6.27. The number of aliphatic carboxylic acids is 1. The molecule has 1 unspecified atom stereocenters. The highest BCUT2D eigenvalue weighted by molar-refractivity contribution is 5.87. The fourth-order valence-electron chi connectivity index (χ4n) is 1.74. The van der Waals surface area contributed by atoms with Gasteiger partial charge in [0.2, 0.25) is 5.91 Å². The standard InChI is InChI=1S/C13H23N3O4/c1-3-6-14-12(19)9(2)15-13(20)16(8-11(17)18)7-10-4-5-10/h9-10H,3-8H2,1-2H3,(H,14,19)(H,15,20)(H,17,18). The van der Waals surface area contributed by atoms with E-state index in [9.17, 15) is 14.4 Å². The average Bonchev–Trinajstić information content (AvgIpc) is 3.18. The molecular formula is C13H23N3O4. The number of carbonyl (C=O) groups is 3. The molecule has 0 radical (unpaired) electrons. The van der Waals surface area contributed by atoms with Gasteiger partial charge in [0.1, 0.15) is 12.6 Å². The molecule has 7 nitrogen and oxygen atoms in total. The zero-order valence-electron chi connectivity index (χ0n) is 12.0. The van der Waals surface area contributed by atoms with Gasteiger partial charge in [-0.05, 0) is 32.1 Å². The predicted octanol–water partition coefficient (Wildman–Crippen LogP) is 0.407. The molecule has 3 amide bonds. The average molecular weight is 285 g/mol. The second kappa shape index (κ2) is 7.72. The second-order valence-corrected chi connectivity index (χ2v) is 5.18. The minimum Gasteiger partial charge on any atom is -0.480 e. The molecule has 0 saturated heterocycles. The van der Waals surface area contributed by atoms with Gasteiger partial charge in [-0.25, -0.2) is 4.79 Å². The number of nitrogens with one attached hydrogen (secondary N) is 2. The molecule has 0 heterocycles. The number of nitrogens with zero attached hydrogens (tertiary/aromatic N) is 1. The lowest BCUT2D eigenvalue weighted by Crippen LogP contribution is -2.51. The Morgan fingerprint density at radius 1 is 1.35 bits per heavy atom. The van der Waals surface area contributed by atoms with Crippen LogP contribution >= 0.6 is 0 Å². The Balaban J connectivity index is 2.46. The minimum atomic E-state index is -1.05. The van der Waals surface area contributed by atoms with Crippen LogP contribution in [0.5, 0.6) is 0 Å². The van der Waals surface area contributed by atoms with E-state index in [4.69, 9.17) is 5.11 Å². The molecule has 0 spiro atoms. The molecule has 20 heavy (non-hydrogen) atoms. The van der Waals surface area contributed by atoms with Crippen molar-refractivity contribution >= 4 is 17.9 Å². The third-order valence-electron chi connectivity index (χ3n) is 3.07. The van der Waals surface area contributed by atoms with Crippen LogP contribution in [0.25, 0.3) is 0 Å². The number of rotatable bonds is 8. The zero-order valence-corrected chi connectivity index (χ0v) is 12.0. The number of carbonyl (C=O) groups excluding carboxylic acids is 2. The summed E-state index contributed by atoms with van der Waals surface area (Å²) < 4.78 is 0. The number of hydrogen-bond donors (Lipinski definition) is 3. The summed E-state index contributed by atoms with van der Waals surface area (Å²) in [5.41, 5.74) is 0. The van der Waals surface area contributed by atoms with E-state index in [-0.39, 0.29) is 12.5 Å². The maximum absolute atomic E-state index is 12.0. The summed E-state index contributed by atoms with van der Waals surface area (Å²) in [5, 5.41) is 14.0. The zero-order chi connectivity index (χ0) is 15.1. The van der Waals surface area contributed by atoms with E-state index in [1.165, 1.54) is 4.90 Å². The molecule has 1 aliphatic rings. The van der Waals surface area contributed by atoms with E-state index in [1.54, 1.807) is 6.92 Å². The van der Waals surface area contributed by atoms with Crippen LogP contribution in [-0.4, -0.2) is 53.6 Å². The van der Waals surface area contributed by atoms with Gasteiger partial charge in [-0.2, -0.15) is 0 Å². The van der Waals surface area contributed by atoms with Crippen LogP contribution in [0.4, 0.5) is 4.79 Å². The van der Waals surface area contributed by atoms with Gasteiger partial charge in [-0.3, -0.25) is 9.59 Å². The molecule has 114 valence electrons. The van der Waals surface area contributed by atoms with Crippen molar-refractivity contribution in [2.45, 2.75) is 39.2 Å². The van der Waals surface area contributed by atoms with Crippen molar-refractivity contribution in [1.82, 2.24) is 15.5 Å². The van der Waals surface area contributed by atoms with Gasteiger partial charge in [-0.15, -0.1) is 0 Å². The van der Waals surface area contributed by atoms with Crippen molar-refractivity contribution < 1.29 is 19.5 Å². The predicted molar refractivity (Wildman–Crippen MR) is 73.2 cm³/mol. The van der Waals surface area contributed by atoms with E-state index in [2.05, 4.69) is 10.6 Å². The summed E-state index contributed by atoms with van der Waals surface area (Å²) in [5.74, 6) is -0.921. The first-order chi connectivity index (χ1) is 9.43. The van der Waals surface area contributed by atoms with Crippen molar-refractivity contribution in [3.8, 4) is 0 Å². The highest BCUT2D eigenvalue weighted by Gasteiger charge is 2.29. The monoisotopic (exact) mass is 285 g/mol. The van der Waals surface area contributed by atoms with Crippen LogP contribution in [0.2, 0.25) is 0 Å². The second-order valence-electron chi connectivity index (χ2n) is 5.18. The van der Waals surface area contributed by atoms with Crippen LogP contribution in [0.3, 0.4) is 0 Å². The molecule has 1 fully saturated rings. The summed E-state index contributed by atoms with van der Waals surface area (Å²) in [6.45, 7) is 4.17. The van der Waals surface area contributed by atoms with Crippen molar-refractivity contribution in [2.75, 3.05) is 19.6 Å². The first-order valence-electron chi connectivity index (χ1n) is 6.99. The van der Waals surface area contributed by atoms with E-state index in [0.29, 0.717) is 19.0 Å². The van der Waals surface area contributed by atoms with Crippen molar-refractivity contribution in [1.29, 1.82) is 0 Å². The number of hydrogen-bond acceptors (Lipinski definition) is 3. The van der Waals surface area contributed by atoms with Crippen LogP contribution in [0.15, 0.2) is 0 Å². The summed E-state index contributed by atoms with van der Waals surface area (Å²) in [6.07, 6.45) is 2.87. The van der Waals surface area contributed by atoms with Gasteiger partial charge in [0.15, 0.2) is 0 Å². The quantitative estimate of drug-likeness (QED) is 0.601. The SMILES string of the molecule is CCCNC(=O)C(C)NC(=O)N(CC(=O)O)CC1CC1. The molecule has 1 aliphatic carbocycles. The topological polar surface area (TPSA) is 98.7 Å². The van der Waals surface area contributed by atoms with Crippen LogP contribution < -0.4 is 10.6 Å². The van der Waals surface area contributed by atoms with Gasteiger partial charge in [0.25, 0.3) is 0 Å². The molecule has 0 aromatic carbocycles. The lowest BCUT2D eigenvalue weighted by Gasteiger charge is -2.23. The van der Waals surface area contributed by atoms with Crippen molar-refractivity contribution in [2.24, 2.45) is 5.92 Å². The summed E-state index contributed by atoms with van der Waals surface area (Å²) >= 11 is 0. The first kappa shape index (κ1) is 16.3. The van der Waals surface area contributed by atoms with Crippen LogP contribution in [0.1, 0.15) is 33.1 Å². The Morgan fingerprint density at radius 3 is 2.50 bits per heavy atom. The van der Waals surface area contributed by atoms with Crippen LogP contribution in [0, 0.1) is 5.92 Å². The summed E-state index contributed by atoms with van der Waals surface area (Å²) in [4.78, 5) is 35.7. The number of urea groups is 1. The Hall–Kier alpha value is -1.79. The largest absolute Gasteiger partial charge is 0.480 e. The number of carboxylic acids is 1. The molecular weight excluding hydrogens is 262 g/mol. The Bertz CT molecular complexity index is 369. The third kappa shape index (κ3) is 5.90. The van der Waals surface area contributed by atoms with E-state index < -0.39 is 18.0 Å². The molecule has 3 N–H and O–H groups in total. The van der Waals surface area contributed by atoms with Gasteiger partial charge < -0.3 is 20.6 Å². The molecule has 1 rings (SSSR count).